The number of carbonyl (C=O) groups is 2. The van der Waals surface area contributed by atoms with E-state index in [9.17, 15) is 23.5 Å². The summed E-state index contributed by atoms with van der Waals surface area (Å²) in [5, 5.41) is 10.3. The molecule has 0 radical (unpaired) electrons. The number of amides is 2. The van der Waals surface area contributed by atoms with Gasteiger partial charge >= 0.3 is 17.9 Å². The molecule has 1 saturated heterocycles. The van der Waals surface area contributed by atoms with Crippen LogP contribution in [0.1, 0.15) is 40.0 Å². The summed E-state index contributed by atoms with van der Waals surface area (Å²) in [6.45, 7) is 6.21. The number of hydrogen-bond acceptors (Lipinski definition) is 4. The maximum Gasteiger partial charge on any atom is 0.380 e. The van der Waals surface area contributed by atoms with E-state index in [1.165, 1.54) is 11.8 Å². The van der Waals surface area contributed by atoms with Crippen molar-refractivity contribution < 1.29 is 28.2 Å². The first-order chi connectivity index (χ1) is 10.7. The van der Waals surface area contributed by atoms with Gasteiger partial charge in [0.25, 0.3) is 0 Å². The topological polar surface area (TPSA) is 70.1 Å². The van der Waals surface area contributed by atoms with Crippen LogP contribution in [0.2, 0.25) is 0 Å². The van der Waals surface area contributed by atoms with Gasteiger partial charge in [0.15, 0.2) is 0 Å². The highest BCUT2D eigenvalue weighted by atomic mass is 19.3. The van der Waals surface area contributed by atoms with Crippen LogP contribution in [0.15, 0.2) is 0 Å². The summed E-state index contributed by atoms with van der Waals surface area (Å²) in [7, 11) is 0. The lowest BCUT2D eigenvalue weighted by Crippen LogP contribution is -2.54. The van der Waals surface area contributed by atoms with Crippen LogP contribution in [-0.4, -0.2) is 71.2 Å². The van der Waals surface area contributed by atoms with E-state index in [0.29, 0.717) is 13.1 Å². The van der Waals surface area contributed by atoms with Gasteiger partial charge in [0.1, 0.15) is 5.60 Å². The van der Waals surface area contributed by atoms with Crippen LogP contribution in [-0.2, 0) is 9.53 Å². The number of urea groups is 1. The second-order valence-electron chi connectivity index (χ2n) is 5.62. The molecule has 1 fully saturated rings. The number of nitrogens with zero attached hydrogens (tertiary/aromatic N) is 2. The Labute approximate surface area is 135 Å². The normalized spacial score (nSPS) is 22.4. The molecule has 1 unspecified atom stereocenters. The summed E-state index contributed by atoms with van der Waals surface area (Å²) in [4.78, 5) is 26.8. The molecular weight excluding hydrogens is 310 g/mol. The summed E-state index contributed by atoms with van der Waals surface area (Å²) < 4.78 is 32.8. The summed E-state index contributed by atoms with van der Waals surface area (Å²) in [6, 6.07) is -0.237. The molecule has 0 spiro atoms. The van der Waals surface area contributed by atoms with Crippen molar-refractivity contribution in [3.8, 4) is 0 Å². The molecule has 6 nitrogen and oxygen atoms in total. The molecule has 2 amide bonds. The molecule has 1 N–H and O–H groups in total. The van der Waals surface area contributed by atoms with Crippen LogP contribution in [0.4, 0.5) is 13.6 Å². The van der Waals surface area contributed by atoms with E-state index >= 15 is 0 Å². The molecule has 1 aliphatic heterocycles. The second-order valence-corrected chi connectivity index (χ2v) is 5.62. The van der Waals surface area contributed by atoms with Crippen LogP contribution >= 0.6 is 0 Å². The largest absolute Gasteiger partial charge is 0.461 e. The first kappa shape index (κ1) is 19.6. The van der Waals surface area contributed by atoms with E-state index in [0.717, 1.165) is 0 Å². The minimum atomic E-state index is -3.99. The molecule has 1 atom stereocenters. The minimum Gasteiger partial charge on any atom is -0.461 e. The number of likely N-dealkylation sites (tertiary alicyclic amines) is 1. The lowest BCUT2D eigenvalue weighted by molar-refractivity contribution is -0.216. The minimum absolute atomic E-state index is 0.0270. The van der Waals surface area contributed by atoms with E-state index in [4.69, 9.17) is 0 Å². The van der Waals surface area contributed by atoms with Crippen LogP contribution in [0.25, 0.3) is 0 Å². The zero-order valence-electron chi connectivity index (χ0n) is 14.0. The highest BCUT2D eigenvalue weighted by Crippen LogP contribution is 2.38. The zero-order valence-corrected chi connectivity index (χ0v) is 14.0. The highest BCUT2D eigenvalue weighted by molar-refractivity contribution is 5.79. The fourth-order valence-corrected chi connectivity index (χ4v) is 2.73. The molecule has 0 aliphatic carbocycles. The number of carbonyl (C=O) groups excluding carboxylic acids is 2. The van der Waals surface area contributed by atoms with Crippen LogP contribution in [0.5, 0.6) is 0 Å². The van der Waals surface area contributed by atoms with Crippen molar-refractivity contribution in [1.82, 2.24) is 9.80 Å². The molecular formula is C15H26F2N2O4. The van der Waals surface area contributed by atoms with Crippen molar-refractivity contribution in [2.45, 2.75) is 51.6 Å². The zero-order chi connectivity index (χ0) is 17.7. The Morgan fingerprint density at radius 1 is 1.22 bits per heavy atom. The van der Waals surface area contributed by atoms with Gasteiger partial charge in [-0.15, -0.1) is 0 Å². The molecule has 23 heavy (non-hydrogen) atoms. The smallest absolute Gasteiger partial charge is 0.380 e. The Hall–Kier alpha value is -1.44. The molecule has 1 heterocycles. The Kier molecular flexibility index (Phi) is 6.73. The first-order valence-electron chi connectivity index (χ1n) is 8.04. The molecule has 0 saturated carbocycles. The Morgan fingerprint density at radius 3 is 2.35 bits per heavy atom. The molecule has 0 aromatic carbocycles. The first-order valence-corrected chi connectivity index (χ1v) is 8.04. The van der Waals surface area contributed by atoms with E-state index in [2.05, 4.69) is 4.74 Å². The number of rotatable bonds is 5. The summed E-state index contributed by atoms with van der Waals surface area (Å²) in [5.74, 6) is -5.71. The number of aliphatic hydroxyl groups is 1. The summed E-state index contributed by atoms with van der Waals surface area (Å²) in [6.07, 6.45) is -0.439. The third-order valence-corrected chi connectivity index (χ3v) is 4.23. The van der Waals surface area contributed by atoms with Gasteiger partial charge in [0, 0.05) is 32.6 Å². The van der Waals surface area contributed by atoms with Gasteiger partial charge in [0.2, 0.25) is 0 Å². The van der Waals surface area contributed by atoms with E-state index in [-0.39, 0.29) is 45.0 Å². The van der Waals surface area contributed by atoms with Gasteiger partial charge in [-0.25, -0.2) is 9.59 Å². The average molecular weight is 336 g/mol. The Bertz CT molecular complexity index is 430. The molecule has 1 aliphatic rings. The lowest BCUT2D eigenvalue weighted by Gasteiger charge is -2.33. The lowest BCUT2D eigenvalue weighted by atomic mass is 9.87. The highest BCUT2D eigenvalue weighted by Gasteiger charge is 2.59. The van der Waals surface area contributed by atoms with Crippen LogP contribution in [0, 0.1) is 0 Å². The van der Waals surface area contributed by atoms with Crippen LogP contribution in [0.3, 0.4) is 0 Å². The monoisotopic (exact) mass is 336 g/mol. The van der Waals surface area contributed by atoms with Gasteiger partial charge in [-0.1, -0.05) is 0 Å². The van der Waals surface area contributed by atoms with Crippen molar-refractivity contribution in [2.24, 2.45) is 0 Å². The van der Waals surface area contributed by atoms with Gasteiger partial charge in [-0.2, -0.15) is 8.78 Å². The van der Waals surface area contributed by atoms with Crippen molar-refractivity contribution >= 4 is 12.0 Å². The van der Waals surface area contributed by atoms with Gasteiger partial charge in [0.05, 0.1) is 6.61 Å². The predicted molar refractivity (Wildman–Crippen MR) is 80.3 cm³/mol. The number of halogens is 2. The van der Waals surface area contributed by atoms with E-state index < -0.39 is 17.5 Å². The number of hydrogen-bond donors (Lipinski definition) is 1. The quantitative estimate of drug-likeness (QED) is 0.778. The van der Waals surface area contributed by atoms with Gasteiger partial charge < -0.3 is 19.6 Å². The molecule has 134 valence electrons. The number of alkyl halides is 2. The Morgan fingerprint density at radius 2 is 1.83 bits per heavy atom. The van der Waals surface area contributed by atoms with Crippen molar-refractivity contribution in [2.75, 3.05) is 32.8 Å². The van der Waals surface area contributed by atoms with E-state index in [1.807, 2.05) is 13.8 Å². The standard InChI is InChI=1S/C15H26F2N2O4/c1-4-18(5-2)13(21)19-10-7-8-14(22,9-11-19)15(16,17)12(20)23-6-3/h22H,4-11H2,1-3H3. The van der Waals surface area contributed by atoms with Gasteiger partial charge in [-0.05, 0) is 33.6 Å². The molecule has 1 rings (SSSR count). The average Bonchev–Trinajstić information content (AvgIpc) is 2.71. The Balaban J connectivity index is 2.84. The van der Waals surface area contributed by atoms with Gasteiger partial charge in [-0.3, -0.25) is 0 Å². The predicted octanol–water partition coefficient (Wildman–Crippen LogP) is 1.86. The second kappa shape index (κ2) is 7.90. The number of ether oxygens (including phenoxy) is 1. The van der Waals surface area contributed by atoms with Crippen molar-refractivity contribution in [3.05, 3.63) is 0 Å². The molecule has 0 aromatic rings. The fraction of sp³-hybridized carbons (Fsp3) is 0.867. The van der Waals surface area contributed by atoms with Crippen molar-refractivity contribution in [3.63, 3.8) is 0 Å². The third-order valence-electron chi connectivity index (χ3n) is 4.23. The number of esters is 1. The summed E-state index contributed by atoms with van der Waals surface area (Å²) in [5.41, 5.74) is -2.49. The SMILES string of the molecule is CCOC(=O)C(F)(F)C1(O)CCCN(C(=O)N(CC)CC)CC1. The molecule has 0 aromatic heterocycles. The maximum absolute atomic E-state index is 14.2. The maximum atomic E-state index is 14.2. The summed E-state index contributed by atoms with van der Waals surface area (Å²) >= 11 is 0. The molecule has 0 bridgehead atoms. The van der Waals surface area contributed by atoms with Crippen molar-refractivity contribution in [1.29, 1.82) is 0 Å². The van der Waals surface area contributed by atoms with Crippen LogP contribution < -0.4 is 0 Å². The third kappa shape index (κ3) is 4.10. The molecule has 8 heteroatoms. The fourth-order valence-electron chi connectivity index (χ4n) is 2.73. The van der Waals surface area contributed by atoms with E-state index in [1.54, 1.807) is 4.90 Å².